The second kappa shape index (κ2) is 4.37. The van der Waals surface area contributed by atoms with E-state index in [1.807, 2.05) is 0 Å². The van der Waals surface area contributed by atoms with E-state index in [0.717, 1.165) is 24.2 Å². The van der Waals surface area contributed by atoms with Crippen LogP contribution in [0.25, 0.3) is 0 Å². The maximum atomic E-state index is 9.18. The predicted octanol–water partition coefficient (Wildman–Crippen LogP) is 2.80. The molecule has 4 unspecified atom stereocenters. The Morgan fingerprint density at radius 1 is 1.12 bits per heavy atom. The molecular weight excluding hydrogens is 196 g/mol. The Balaban J connectivity index is 1.59. The molecule has 2 nitrogen and oxygen atoms in total. The van der Waals surface area contributed by atoms with Crippen molar-refractivity contribution in [3.05, 3.63) is 0 Å². The molecule has 2 saturated carbocycles. The fourth-order valence-corrected chi connectivity index (χ4v) is 4.26. The Bertz CT molecular complexity index is 294. The van der Waals surface area contributed by atoms with E-state index in [1.165, 1.54) is 51.6 Å². The summed E-state index contributed by atoms with van der Waals surface area (Å²) in [5, 5.41) is 9.18. The summed E-state index contributed by atoms with van der Waals surface area (Å²) in [6.45, 7) is 2.39. The zero-order valence-electron chi connectivity index (χ0n) is 10.1. The lowest BCUT2D eigenvalue weighted by Gasteiger charge is -2.35. The monoisotopic (exact) mass is 218 g/mol. The van der Waals surface area contributed by atoms with Crippen molar-refractivity contribution in [2.24, 2.45) is 17.8 Å². The molecule has 2 bridgehead atoms. The number of piperidine rings is 1. The molecule has 3 aliphatic rings. The third-order valence-electron chi connectivity index (χ3n) is 5.12. The number of nitrogens with zero attached hydrogens (tertiary/aromatic N) is 2. The number of fused-ring (bicyclic) bond motifs is 2. The number of nitriles is 1. The van der Waals surface area contributed by atoms with Crippen molar-refractivity contribution in [3.8, 4) is 6.07 Å². The Labute approximate surface area is 98.6 Å². The molecule has 4 atom stereocenters. The molecule has 0 aromatic heterocycles. The van der Waals surface area contributed by atoms with Gasteiger partial charge in [-0.3, -0.25) is 4.90 Å². The van der Waals surface area contributed by atoms with Crippen LogP contribution in [0.1, 0.15) is 44.9 Å². The largest absolute Gasteiger partial charge is 0.288 e. The van der Waals surface area contributed by atoms with Crippen LogP contribution in [0.3, 0.4) is 0 Å². The highest BCUT2D eigenvalue weighted by molar-refractivity contribution is 4.97. The molecular formula is C14H22N2. The van der Waals surface area contributed by atoms with Gasteiger partial charge in [0, 0.05) is 6.54 Å². The summed E-state index contributed by atoms with van der Waals surface area (Å²) in [6.07, 6.45) is 9.58. The van der Waals surface area contributed by atoms with Crippen molar-refractivity contribution in [2.75, 3.05) is 13.1 Å². The third kappa shape index (κ3) is 1.86. The average molecular weight is 218 g/mol. The molecule has 0 radical (unpaired) electrons. The highest BCUT2D eigenvalue weighted by atomic mass is 15.2. The molecule has 3 fully saturated rings. The molecule has 3 rings (SSSR count). The van der Waals surface area contributed by atoms with Crippen LogP contribution >= 0.6 is 0 Å². The van der Waals surface area contributed by atoms with E-state index in [9.17, 15) is 5.26 Å². The van der Waals surface area contributed by atoms with Crippen LogP contribution in [-0.2, 0) is 0 Å². The lowest BCUT2D eigenvalue weighted by Crippen LogP contribution is -2.42. The molecule has 0 N–H and O–H groups in total. The highest BCUT2D eigenvalue weighted by Gasteiger charge is 2.40. The molecule has 0 aromatic carbocycles. The summed E-state index contributed by atoms with van der Waals surface area (Å²) in [6, 6.07) is 2.73. The van der Waals surface area contributed by atoms with E-state index < -0.39 is 0 Å². The predicted molar refractivity (Wildman–Crippen MR) is 63.8 cm³/mol. The first kappa shape index (κ1) is 10.6. The van der Waals surface area contributed by atoms with Gasteiger partial charge in [0.25, 0.3) is 0 Å². The fraction of sp³-hybridized carbons (Fsp3) is 0.929. The molecule has 1 heterocycles. The standard InChI is InChI=1S/C14H22N2/c15-9-14-3-1-2-6-16(14)10-13-8-11-4-5-12(13)7-11/h11-14H,1-8,10H2. The summed E-state index contributed by atoms with van der Waals surface area (Å²) in [5.41, 5.74) is 0. The number of likely N-dealkylation sites (tertiary alicyclic amines) is 1. The molecule has 2 heteroatoms. The van der Waals surface area contributed by atoms with Crippen molar-refractivity contribution in [2.45, 2.75) is 51.0 Å². The summed E-state index contributed by atoms with van der Waals surface area (Å²) < 4.78 is 0. The molecule has 0 amide bonds. The molecule has 16 heavy (non-hydrogen) atoms. The Kier molecular flexibility index (Phi) is 2.90. The molecule has 0 aromatic rings. The van der Waals surface area contributed by atoms with Gasteiger partial charge in [-0.15, -0.1) is 0 Å². The van der Waals surface area contributed by atoms with Gasteiger partial charge in [-0.2, -0.15) is 5.26 Å². The normalized spacial score (nSPS) is 43.4. The first-order valence-electron chi connectivity index (χ1n) is 7.00. The zero-order chi connectivity index (χ0) is 11.0. The summed E-state index contributed by atoms with van der Waals surface area (Å²) >= 11 is 0. The Morgan fingerprint density at radius 2 is 2.06 bits per heavy atom. The number of hydrogen-bond donors (Lipinski definition) is 0. The minimum absolute atomic E-state index is 0.230. The first-order valence-corrected chi connectivity index (χ1v) is 7.00. The molecule has 1 aliphatic heterocycles. The van der Waals surface area contributed by atoms with Crippen LogP contribution in [-0.4, -0.2) is 24.0 Å². The van der Waals surface area contributed by atoms with Crippen molar-refractivity contribution in [1.82, 2.24) is 4.90 Å². The van der Waals surface area contributed by atoms with Crippen molar-refractivity contribution < 1.29 is 0 Å². The van der Waals surface area contributed by atoms with E-state index in [1.54, 1.807) is 0 Å². The maximum absolute atomic E-state index is 9.18. The molecule has 2 aliphatic carbocycles. The Morgan fingerprint density at radius 3 is 2.75 bits per heavy atom. The van der Waals surface area contributed by atoms with Crippen LogP contribution in [0.15, 0.2) is 0 Å². The third-order valence-corrected chi connectivity index (χ3v) is 5.12. The van der Waals surface area contributed by atoms with Crippen molar-refractivity contribution >= 4 is 0 Å². The van der Waals surface area contributed by atoms with Gasteiger partial charge < -0.3 is 0 Å². The van der Waals surface area contributed by atoms with E-state index in [4.69, 9.17) is 0 Å². The van der Waals surface area contributed by atoms with Gasteiger partial charge in [0.1, 0.15) is 0 Å². The summed E-state index contributed by atoms with van der Waals surface area (Å²) in [7, 11) is 0. The topological polar surface area (TPSA) is 27.0 Å². The maximum Gasteiger partial charge on any atom is 0.0978 e. The van der Waals surface area contributed by atoms with Crippen LogP contribution in [0.2, 0.25) is 0 Å². The van der Waals surface area contributed by atoms with Crippen LogP contribution in [0.4, 0.5) is 0 Å². The van der Waals surface area contributed by atoms with Gasteiger partial charge >= 0.3 is 0 Å². The molecule has 0 spiro atoms. The van der Waals surface area contributed by atoms with Crippen LogP contribution < -0.4 is 0 Å². The lowest BCUT2D eigenvalue weighted by molar-refractivity contribution is 0.134. The van der Waals surface area contributed by atoms with Crippen LogP contribution in [0, 0.1) is 29.1 Å². The first-order chi connectivity index (χ1) is 7.86. The fourth-order valence-electron chi connectivity index (χ4n) is 4.26. The van der Waals surface area contributed by atoms with Crippen molar-refractivity contribution in [3.63, 3.8) is 0 Å². The van der Waals surface area contributed by atoms with Crippen LogP contribution in [0.5, 0.6) is 0 Å². The number of rotatable bonds is 2. The van der Waals surface area contributed by atoms with E-state index in [2.05, 4.69) is 11.0 Å². The lowest BCUT2D eigenvalue weighted by atomic mass is 9.87. The minimum Gasteiger partial charge on any atom is -0.288 e. The Hall–Kier alpha value is -0.550. The minimum atomic E-state index is 0.230. The second-order valence-electron chi connectivity index (χ2n) is 6.07. The second-order valence-corrected chi connectivity index (χ2v) is 6.07. The van der Waals surface area contributed by atoms with E-state index >= 15 is 0 Å². The van der Waals surface area contributed by atoms with E-state index in [0.29, 0.717) is 0 Å². The van der Waals surface area contributed by atoms with Gasteiger partial charge in [-0.1, -0.05) is 6.42 Å². The number of hydrogen-bond acceptors (Lipinski definition) is 2. The van der Waals surface area contributed by atoms with Gasteiger partial charge in [-0.25, -0.2) is 0 Å². The highest BCUT2D eigenvalue weighted by Crippen LogP contribution is 2.48. The van der Waals surface area contributed by atoms with Crippen molar-refractivity contribution in [1.29, 1.82) is 5.26 Å². The van der Waals surface area contributed by atoms with E-state index in [-0.39, 0.29) is 6.04 Å². The SMILES string of the molecule is N#CC1CCCCN1CC1CC2CCC1C2. The smallest absolute Gasteiger partial charge is 0.0978 e. The van der Waals surface area contributed by atoms with Gasteiger partial charge in [0.05, 0.1) is 12.1 Å². The molecule has 1 saturated heterocycles. The summed E-state index contributed by atoms with van der Waals surface area (Å²) in [5.74, 6) is 2.97. The van der Waals surface area contributed by atoms with Gasteiger partial charge in [0.2, 0.25) is 0 Å². The van der Waals surface area contributed by atoms with Gasteiger partial charge in [0.15, 0.2) is 0 Å². The van der Waals surface area contributed by atoms with Gasteiger partial charge in [-0.05, 0) is 62.8 Å². The zero-order valence-corrected chi connectivity index (χ0v) is 10.1. The summed E-state index contributed by atoms with van der Waals surface area (Å²) in [4.78, 5) is 2.48. The molecule has 88 valence electrons. The quantitative estimate of drug-likeness (QED) is 0.712. The average Bonchev–Trinajstić information content (AvgIpc) is 2.92.